The number of rotatable bonds is 1. The maximum atomic E-state index is 14.0. The molecule has 2 bridgehead atoms. The van der Waals surface area contributed by atoms with Crippen LogP contribution >= 0.6 is 0 Å². The molecule has 1 aromatic rings. The molecule has 1 fully saturated rings. The first-order chi connectivity index (χ1) is 14.0. The van der Waals surface area contributed by atoms with Crippen LogP contribution in [0.2, 0.25) is 0 Å². The molecule has 1 amide bonds. The third-order valence-corrected chi connectivity index (χ3v) is 5.15. The van der Waals surface area contributed by atoms with E-state index in [1.54, 1.807) is 18.3 Å². The number of halogens is 1. The van der Waals surface area contributed by atoms with Crippen molar-refractivity contribution in [1.29, 1.82) is 5.41 Å². The number of carbonyl (C=O) groups is 1. The van der Waals surface area contributed by atoms with E-state index in [9.17, 15) is 9.18 Å². The molecule has 1 aromatic carbocycles. The summed E-state index contributed by atoms with van der Waals surface area (Å²) in [6.07, 6.45) is 5.76. The summed E-state index contributed by atoms with van der Waals surface area (Å²) in [5, 5.41) is 13.5. The van der Waals surface area contributed by atoms with E-state index < -0.39 is 5.91 Å². The van der Waals surface area contributed by atoms with Crippen LogP contribution in [-0.2, 0) is 4.79 Å². The standard InChI is InChI=1S/C20H23FN6O2/c21-12-4-5-15-13(11-12)14-3-1-9-27(14)16-6-8-24-19(26-16)17(18(22)23)20(28)25-7-2-10-29-15/h4-6,8,11,14,24H,1-3,7,9-10H2,(H3,22,23)(H,25,28)/b19-17-/t14-/m1/s1. The number of nitrogens with two attached hydrogens (primary N) is 1. The molecular formula is C20H23FN6O2. The van der Waals surface area contributed by atoms with Crippen LogP contribution < -0.4 is 21.1 Å². The second-order valence-electron chi connectivity index (χ2n) is 7.08. The first kappa shape index (κ1) is 19.0. The number of ether oxygens (including phenoxy) is 1. The molecule has 3 aliphatic heterocycles. The van der Waals surface area contributed by atoms with Gasteiger partial charge in [-0.15, -0.1) is 0 Å². The highest BCUT2D eigenvalue weighted by atomic mass is 19.1. The first-order valence-electron chi connectivity index (χ1n) is 9.62. The third kappa shape index (κ3) is 3.80. The monoisotopic (exact) mass is 398 g/mol. The van der Waals surface area contributed by atoms with Gasteiger partial charge in [0.25, 0.3) is 5.91 Å². The molecule has 152 valence electrons. The Morgan fingerprint density at radius 2 is 2.24 bits per heavy atom. The molecule has 0 unspecified atom stereocenters. The fraction of sp³-hybridized carbons (Fsp3) is 0.350. The van der Waals surface area contributed by atoms with E-state index in [4.69, 9.17) is 15.9 Å². The SMILES string of the molecule is N=C(N)/C1=C2/N=C(C=CN2)N2CCC[C@@H]2c2cc(F)ccc2OCCCNC1=O. The minimum absolute atomic E-state index is 0.00739. The average molecular weight is 398 g/mol. The van der Waals surface area contributed by atoms with Crippen LogP contribution in [0.15, 0.2) is 46.9 Å². The van der Waals surface area contributed by atoms with Crippen LogP contribution in [-0.4, -0.2) is 42.2 Å². The number of carbonyl (C=O) groups excluding carboxylic acids is 1. The van der Waals surface area contributed by atoms with Gasteiger partial charge in [-0.25, -0.2) is 9.38 Å². The smallest absolute Gasteiger partial charge is 0.258 e. The van der Waals surface area contributed by atoms with E-state index in [-0.39, 0.29) is 29.1 Å². The van der Waals surface area contributed by atoms with Crippen LogP contribution in [0.3, 0.4) is 0 Å². The van der Waals surface area contributed by atoms with Crippen molar-refractivity contribution in [3.63, 3.8) is 0 Å². The Kier molecular flexibility index (Phi) is 5.20. The van der Waals surface area contributed by atoms with E-state index in [0.717, 1.165) is 24.9 Å². The lowest BCUT2D eigenvalue weighted by Gasteiger charge is -2.30. The van der Waals surface area contributed by atoms with Crippen molar-refractivity contribution < 1.29 is 13.9 Å². The number of fused-ring (bicyclic) bond motifs is 5. The highest BCUT2D eigenvalue weighted by molar-refractivity contribution is 6.19. The van der Waals surface area contributed by atoms with Gasteiger partial charge in [0.15, 0.2) is 0 Å². The van der Waals surface area contributed by atoms with E-state index in [1.165, 1.54) is 12.1 Å². The number of hydrogen-bond donors (Lipinski definition) is 4. The van der Waals surface area contributed by atoms with Crippen LogP contribution in [0.1, 0.15) is 30.9 Å². The maximum absolute atomic E-state index is 14.0. The molecule has 3 heterocycles. The zero-order valence-corrected chi connectivity index (χ0v) is 15.9. The Hall–Kier alpha value is -3.36. The van der Waals surface area contributed by atoms with Gasteiger partial charge in [0, 0.05) is 24.9 Å². The molecule has 0 spiro atoms. The van der Waals surface area contributed by atoms with Crippen molar-refractivity contribution in [3.8, 4) is 5.75 Å². The molecule has 9 heteroatoms. The van der Waals surface area contributed by atoms with Gasteiger partial charge in [-0.05, 0) is 43.5 Å². The molecule has 1 saturated heterocycles. The summed E-state index contributed by atoms with van der Waals surface area (Å²) in [4.78, 5) is 19.2. The zero-order chi connectivity index (χ0) is 20.4. The number of amides is 1. The zero-order valence-electron chi connectivity index (χ0n) is 15.9. The Morgan fingerprint density at radius 3 is 3.07 bits per heavy atom. The molecule has 8 nitrogen and oxygen atoms in total. The van der Waals surface area contributed by atoms with E-state index >= 15 is 0 Å². The van der Waals surface area contributed by atoms with Crippen molar-refractivity contribution in [2.45, 2.75) is 25.3 Å². The Bertz CT molecular complexity index is 939. The normalized spacial score (nSPS) is 24.3. The van der Waals surface area contributed by atoms with Crippen LogP contribution in [0.5, 0.6) is 5.75 Å². The van der Waals surface area contributed by atoms with Crippen LogP contribution in [0.25, 0.3) is 0 Å². The molecule has 0 aliphatic carbocycles. The minimum atomic E-state index is -0.462. The van der Waals surface area contributed by atoms with Gasteiger partial charge >= 0.3 is 0 Å². The highest BCUT2D eigenvalue weighted by Gasteiger charge is 2.32. The fourth-order valence-electron chi connectivity index (χ4n) is 3.84. The summed E-state index contributed by atoms with van der Waals surface area (Å²) in [7, 11) is 0. The molecular weight excluding hydrogens is 375 g/mol. The topological polar surface area (TPSA) is 116 Å². The number of nitrogens with one attached hydrogen (secondary N) is 3. The molecule has 29 heavy (non-hydrogen) atoms. The van der Waals surface area contributed by atoms with Gasteiger partial charge in [0.2, 0.25) is 0 Å². The van der Waals surface area contributed by atoms with Crippen molar-refractivity contribution in [3.05, 3.63) is 53.2 Å². The van der Waals surface area contributed by atoms with Crippen molar-refractivity contribution in [1.82, 2.24) is 15.5 Å². The largest absolute Gasteiger partial charge is 0.493 e. The number of benzene rings is 1. The quantitative estimate of drug-likeness (QED) is 0.423. The number of hydrogen-bond acceptors (Lipinski definition) is 6. The summed E-state index contributed by atoms with van der Waals surface area (Å²) in [5.74, 6) is 0.360. The van der Waals surface area contributed by atoms with Gasteiger partial charge in [-0.2, -0.15) is 0 Å². The van der Waals surface area contributed by atoms with Gasteiger partial charge in [-0.1, -0.05) is 0 Å². The third-order valence-electron chi connectivity index (χ3n) is 5.15. The summed E-state index contributed by atoms with van der Waals surface area (Å²) in [6.45, 7) is 1.46. The molecule has 0 saturated carbocycles. The molecule has 1 atom stereocenters. The molecule has 3 aliphatic rings. The molecule has 4 rings (SSSR count). The predicted octanol–water partition coefficient (Wildman–Crippen LogP) is 1.52. The minimum Gasteiger partial charge on any atom is -0.493 e. The van der Waals surface area contributed by atoms with Gasteiger partial charge in [-0.3, -0.25) is 10.2 Å². The van der Waals surface area contributed by atoms with Crippen LogP contribution in [0.4, 0.5) is 4.39 Å². The fourth-order valence-corrected chi connectivity index (χ4v) is 3.84. The van der Waals surface area contributed by atoms with Gasteiger partial charge in [0.1, 0.15) is 34.6 Å². The molecule has 0 aromatic heterocycles. The van der Waals surface area contributed by atoms with E-state index in [0.29, 0.717) is 31.2 Å². The molecule has 0 radical (unpaired) electrons. The lowest BCUT2D eigenvalue weighted by molar-refractivity contribution is -0.117. The number of nitrogens with zero attached hydrogens (tertiary/aromatic N) is 2. The van der Waals surface area contributed by atoms with Gasteiger partial charge < -0.3 is 26.0 Å². The Morgan fingerprint density at radius 1 is 1.38 bits per heavy atom. The van der Waals surface area contributed by atoms with Gasteiger partial charge in [0.05, 0.1) is 12.6 Å². The lowest BCUT2D eigenvalue weighted by atomic mass is 10.0. The summed E-state index contributed by atoms with van der Waals surface area (Å²) >= 11 is 0. The van der Waals surface area contributed by atoms with Crippen molar-refractivity contribution in [2.75, 3.05) is 19.7 Å². The van der Waals surface area contributed by atoms with Crippen molar-refractivity contribution >= 4 is 17.6 Å². The summed E-state index contributed by atoms with van der Waals surface area (Å²) in [6, 6.07) is 4.48. The number of amidine groups is 2. The summed E-state index contributed by atoms with van der Waals surface area (Å²) < 4.78 is 20.0. The lowest BCUT2D eigenvalue weighted by Crippen LogP contribution is -2.37. The van der Waals surface area contributed by atoms with Crippen molar-refractivity contribution in [2.24, 2.45) is 10.7 Å². The first-order valence-corrected chi connectivity index (χ1v) is 9.62. The average Bonchev–Trinajstić information content (AvgIpc) is 3.18. The Balaban J connectivity index is 1.82. The second-order valence-corrected chi connectivity index (χ2v) is 7.08. The number of aliphatic imine (C=N–C) groups is 1. The highest BCUT2D eigenvalue weighted by Crippen LogP contribution is 2.38. The predicted molar refractivity (Wildman–Crippen MR) is 107 cm³/mol. The van der Waals surface area contributed by atoms with E-state index in [1.807, 2.05) is 0 Å². The van der Waals surface area contributed by atoms with E-state index in [2.05, 4.69) is 20.5 Å². The summed E-state index contributed by atoms with van der Waals surface area (Å²) in [5.41, 5.74) is 6.45. The second kappa shape index (κ2) is 7.94. The Labute approximate surface area is 167 Å². The van der Waals surface area contributed by atoms with Crippen LogP contribution in [0, 0.1) is 11.2 Å². The maximum Gasteiger partial charge on any atom is 0.258 e. The molecule has 5 N–H and O–H groups in total.